The molecule has 23 heavy (non-hydrogen) atoms. The number of amides is 1. The number of phenolic OH excluding ortho intramolecular Hbond substituents is 1. The molecule has 5 nitrogen and oxygen atoms in total. The number of rotatable bonds is 6. The van der Waals surface area contributed by atoms with Crippen molar-refractivity contribution in [3.63, 3.8) is 0 Å². The van der Waals surface area contributed by atoms with Crippen molar-refractivity contribution < 1.29 is 19.4 Å². The van der Waals surface area contributed by atoms with Crippen LogP contribution in [0.3, 0.4) is 0 Å². The number of carbonyl (C=O) groups is 1. The third-order valence-electron chi connectivity index (χ3n) is 3.09. The molecule has 120 valence electrons. The molecular weight excluding hydrogens is 294 g/mol. The van der Waals surface area contributed by atoms with Crippen molar-refractivity contribution >= 4 is 12.2 Å². The minimum Gasteiger partial charge on any atom is -0.508 e. The molecule has 0 unspecified atom stereocenters. The SMILES string of the molecule is COc1cc(O)ccc1C=CCNC(=O)OCc1ccccc1. The Morgan fingerprint density at radius 3 is 2.74 bits per heavy atom. The van der Waals surface area contributed by atoms with Crippen molar-refractivity contribution in [2.24, 2.45) is 0 Å². The number of methoxy groups -OCH3 is 1. The molecule has 0 saturated heterocycles. The first-order valence-corrected chi connectivity index (χ1v) is 7.17. The van der Waals surface area contributed by atoms with E-state index < -0.39 is 6.09 Å². The Morgan fingerprint density at radius 2 is 2.00 bits per heavy atom. The van der Waals surface area contributed by atoms with Crippen molar-refractivity contribution in [1.82, 2.24) is 5.32 Å². The maximum absolute atomic E-state index is 11.6. The van der Waals surface area contributed by atoms with Gasteiger partial charge in [-0.2, -0.15) is 0 Å². The molecule has 0 spiro atoms. The summed E-state index contributed by atoms with van der Waals surface area (Å²) in [6.07, 6.45) is 3.10. The van der Waals surface area contributed by atoms with Gasteiger partial charge in [-0.05, 0) is 17.7 Å². The van der Waals surface area contributed by atoms with Gasteiger partial charge in [-0.1, -0.05) is 42.5 Å². The van der Waals surface area contributed by atoms with E-state index in [0.717, 1.165) is 11.1 Å². The van der Waals surface area contributed by atoms with Crippen LogP contribution in [0.15, 0.2) is 54.6 Å². The number of benzene rings is 2. The fraction of sp³-hybridized carbons (Fsp3) is 0.167. The first-order valence-electron chi connectivity index (χ1n) is 7.17. The third kappa shape index (κ3) is 5.39. The number of aromatic hydroxyl groups is 1. The number of nitrogens with one attached hydrogen (secondary N) is 1. The highest BCUT2D eigenvalue weighted by Gasteiger charge is 2.02. The molecule has 0 bridgehead atoms. The Bertz CT molecular complexity index is 668. The zero-order chi connectivity index (χ0) is 16.5. The highest BCUT2D eigenvalue weighted by Crippen LogP contribution is 2.24. The average Bonchev–Trinajstić information content (AvgIpc) is 2.58. The van der Waals surface area contributed by atoms with Gasteiger partial charge in [0, 0.05) is 18.2 Å². The molecule has 0 radical (unpaired) electrons. The van der Waals surface area contributed by atoms with Crippen LogP contribution in [0, 0.1) is 0 Å². The van der Waals surface area contributed by atoms with Crippen LogP contribution in [0.5, 0.6) is 11.5 Å². The Labute approximate surface area is 135 Å². The molecule has 0 aromatic heterocycles. The number of ether oxygens (including phenoxy) is 2. The van der Waals surface area contributed by atoms with E-state index in [1.807, 2.05) is 30.3 Å². The van der Waals surface area contributed by atoms with Gasteiger partial charge in [-0.3, -0.25) is 0 Å². The summed E-state index contributed by atoms with van der Waals surface area (Å²) in [5, 5.41) is 12.0. The van der Waals surface area contributed by atoms with E-state index in [-0.39, 0.29) is 12.4 Å². The van der Waals surface area contributed by atoms with Gasteiger partial charge in [0.25, 0.3) is 0 Å². The molecule has 0 fully saturated rings. The number of phenols is 1. The highest BCUT2D eigenvalue weighted by atomic mass is 16.5. The molecule has 2 rings (SSSR count). The van der Waals surface area contributed by atoms with Crippen LogP contribution in [-0.2, 0) is 11.3 Å². The zero-order valence-electron chi connectivity index (χ0n) is 12.9. The van der Waals surface area contributed by atoms with Gasteiger partial charge in [-0.15, -0.1) is 0 Å². The Balaban J connectivity index is 1.77. The first-order chi connectivity index (χ1) is 11.2. The van der Waals surface area contributed by atoms with E-state index in [9.17, 15) is 9.90 Å². The molecule has 2 N–H and O–H groups in total. The molecule has 0 aliphatic heterocycles. The van der Waals surface area contributed by atoms with Crippen LogP contribution < -0.4 is 10.1 Å². The van der Waals surface area contributed by atoms with E-state index in [1.165, 1.54) is 13.2 Å². The average molecular weight is 313 g/mol. The second-order valence-electron chi connectivity index (χ2n) is 4.77. The molecule has 2 aromatic rings. The second kappa shape index (κ2) is 8.48. The lowest BCUT2D eigenvalue weighted by Crippen LogP contribution is -2.24. The van der Waals surface area contributed by atoms with Crippen LogP contribution in [0.2, 0.25) is 0 Å². The van der Waals surface area contributed by atoms with Crippen LogP contribution in [0.1, 0.15) is 11.1 Å². The monoisotopic (exact) mass is 313 g/mol. The highest BCUT2D eigenvalue weighted by molar-refractivity contribution is 5.68. The Hall–Kier alpha value is -2.95. The summed E-state index contributed by atoms with van der Waals surface area (Å²) in [6, 6.07) is 14.3. The largest absolute Gasteiger partial charge is 0.508 e. The predicted octanol–water partition coefficient (Wildman–Crippen LogP) is 3.34. The lowest BCUT2D eigenvalue weighted by atomic mass is 10.2. The minimum absolute atomic E-state index is 0.140. The number of hydrogen-bond donors (Lipinski definition) is 2. The van der Waals surface area contributed by atoms with Gasteiger partial charge in [0.1, 0.15) is 18.1 Å². The second-order valence-corrected chi connectivity index (χ2v) is 4.77. The van der Waals surface area contributed by atoms with E-state index in [4.69, 9.17) is 9.47 Å². The van der Waals surface area contributed by atoms with Crippen molar-refractivity contribution in [3.8, 4) is 11.5 Å². The van der Waals surface area contributed by atoms with Crippen molar-refractivity contribution in [2.75, 3.05) is 13.7 Å². The van der Waals surface area contributed by atoms with E-state index in [0.29, 0.717) is 12.3 Å². The molecule has 0 saturated carbocycles. The predicted molar refractivity (Wildman–Crippen MR) is 88.3 cm³/mol. The molecule has 1 amide bonds. The lowest BCUT2D eigenvalue weighted by Gasteiger charge is -2.06. The van der Waals surface area contributed by atoms with Crippen molar-refractivity contribution in [2.45, 2.75) is 6.61 Å². The van der Waals surface area contributed by atoms with Gasteiger partial charge in [0.2, 0.25) is 0 Å². The summed E-state index contributed by atoms with van der Waals surface area (Å²) >= 11 is 0. The number of carbonyl (C=O) groups excluding carboxylic acids is 1. The smallest absolute Gasteiger partial charge is 0.407 e. The molecule has 5 heteroatoms. The van der Waals surface area contributed by atoms with Crippen LogP contribution in [0.25, 0.3) is 6.08 Å². The van der Waals surface area contributed by atoms with Crippen LogP contribution in [0.4, 0.5) is 4.79 Å². The minimum atomic E-state index is -0.476. The molecule has 0 atom stereocenters. The Morgan fingerprint density at radius 1 is 1.22 bits per heavy atom. The maximum Gasteiger partial charge on any atom is 0.407 e. The summed E-state index contributed by atoms with van der Waals surface area (Å²) in [7, 11) is 1.53. The van der Waals surface area contributed by atoms with Crippen LogP contribution >= 0.6 is 0 Å². The molecule has 0 heterocycles. The summed E-state index contributed by atoms with van der Waals surface area (Å²) in [5.74, 6) is 0.703. The van der Waals surface area contributed by atoms with Gasteiger partial charge in [0.15, 0.2) is 0 Å². The summed E-state index contributed by atoms with van der Waals surface area (Å²) in [4.78, 5) is 11.6. The standard InChI is InChI=1S/C18H19NO4/c1-22-17-12-16(20)10-9-15(17)8-5-11-19-18(21)23-13-14-6-3-2-4-7-14/h2-10,12,20H,11,13H2,1H3,(H,19,21). The Kier molecular flexibility index (Phi) is 6.06. The van der Waals surface area contributed by atoms with E-state index >= 15 is 0 Å². The normalized spacial score (nSPS) is 10.5. The molecule has 0 aliphatic rings. The summed E-state index contributed by atoms with van der Waals surface area (Å²) in [6.45, 7) is 0.569. The van der Waals surface area contributed by atoms with E-state index in [1.54, 1.807) is 24.3 Å². The summed E-state index contributed by atoms with van der Waals surface area (Å²) in [5.41, 5.74) is 1.75. The third-order valence-corrected chi connectivity index (χ3v) is 3.09. The van der Waals surface area contributed by atoms with E-state index in [2.05, 4.69) is 5.32 Å². The van der Waals surface area contributed by atoms with Gasteiger partial charge in [0.05, 0.1) is 7.11 Å². The quantitative estimate of drug-likeness (QED) is 0.858. The lowest BCUT2D eigenvalue weighted by molar-refractivity contribution is 0.141. The molecule has 2 aromatic carbocycles. The zero-order valence-corrected chi connectivity index (χ0v) is 12.9. The van der Waals surface area contributed by atoms with Crippen LogP contribution in [-0.4, -0.2) is 24.9 Å². The fourth-order valence-electron chi connectivity index (χ4n) is 1.94. The summed E-state index contributed by atoms with van der Waals surface area (Å²) < 4.78 is 10.3. The topological polar surface area (TPSA) is 67.8 Å². The fourth-order valence-corrected chi connectivity index (χ4v) is 1.94. The van der Waals surface area contributed by atoms with Gasteiger partial charge in [-0.25, -0.2) is 4.79 Å². The first kappa shape index (κ1) is 16.4. The molecular formula is C18H19NO4. The van der Waals surface area contributed by atoms with Crippen molar-refractivity contribution in [3.05, 3.63) is 65.7 Å². The van der Waals surface area contributed by atoms with Gasteiger partial charge >= 0.3 is 6.09 Å². The maximum atomic E-state index is 11.6. The number of hydrogen-bond acceptors (Lipinski definition) is 4. The number of alkyl carbamates (subject to hydrolysis) is 1. The van der Waals surface area contributed by atoms with Gasteiger partial charge < -0.3 is 19.9 Å². The van der Waals surface area contributed by atoms with Crippen molar-refractivity contribution in [1.29, 1.82) is 0 Å². The molecule has 0 aliphatic carbocycles.